The molecule has 106 valence electrons. The van der Waals surface area contributed by atoms with E-state index in [1.165, 1.54) is 12.8 Å². The number of amides is 1. The van der Waals surface area contributed by atoms with Gasteiger partial charge in [-0.15, -0.1) is 12.4 Å². The van der Waals surface area contributed by atoms with E-state index in [1.54, 1.807) is 0 Å². The Morgan fingerprint density at radius 1 is 1.17 bits per heavy atom. The Kier molecular flexibility index (Phi) is 6.39. The van der Waals surface area contributed by atoms with Gasteiger partial charge >= 0.3 is 0 Å². The van der Waals surface area contributed by atoms with Crippen molar-refractivity contribution in [3.05, 3.63) is 0 Å². The molecule has 0 aromatic rings. The lowest BCUT2D eigenvalue weighted by Gasteiger charge is -2.29. The molecular weight excluding hydrogens is 250 g/mol. The first kappa shape index (κ1) is 15.7. The minimum atomic E-state index is 0. The van der Waals surface area contributed by atoms with E-state index in [0.29, 0.717) is 5.91 Å². The monoisotopic (exact) mass is 275 g/mol. The maximum absolute atomic E-state index is 12.4. The van der Waals surface area contributed by atoms with Crippen LogP contribution in [-0.2, 0) is 4.79 Å². The van der Waals surface area contributed by atoms with Crippen LogP contribution in [0.3, 0.4) is 0 Å². The smallest absolute Gasteiger partial charge is 0.239 e. The molecule has 1 unspecified atom stereocenters. The van der Waals surface area contributed by atoms with Crippen LogP contribution in [-0.4, -0.2) is 54.0 Å². The van der Waals surface area contributed by atoms with Crippen LogP contribution < -0.4 is 5.73 Å². The van der Waals surface area contributed by atoms with E-state index in [2.05, 4.69) is 9.80 Å². The zero-order valence-electron chi connectivity index (χ0n) is 11.3. The molecule has 2 saturated heterocycles. The SMILES string of the molecule is CC(C(=O)N1CCCCCC1)N1CC[C@@H](N)C1.Cl. The second-order valence-corrected chi connectivity index (χ2v) is 5.46. The number of nitrogens with two attached hydrogens (primary N) is 1. The molecule has 2 fully saturated rings. The number of nitrogens with zero attached hydrogens (tertiary/aromatic N) is 2. The third-order valence-corrected chi connectivity index (χ3v) is 4.08. The van der Waals surface area contributed by atoms with Crippen molar-refractivity contribution >= 4 is 18.3 Å². The van der Waals surface area contributed by atoms with Gasteiger partial charge in [0, 0.05) is 32.2 Å². The summed E-state index contributed by atoms with van der Waals surface area (Å²) in [5.74, 6) is 0.306. The summed E-state index contributed by atoms with van der Waals surface area (Å²) in [6, 6.07) is 0.274. The van der Waals surface area contributed by atoms with Gasteiger partial charge in [0.05, 0.1) is 6.04 Å². The van der Waals surface area contributed by atoms with Crippen molar-refractivity contribution in [1.29, 1.82) is 0 Å². The Morgan fingerprint density at radius 2 is 1.78 bits per heavy atom. The number of carbonyl (C=O) groups excluding carboxylic acids is 1. The van der Waals surface area contributed by atoms with Crippen molar-refractivity contribution in [2.24, 2.45) is 5.73 Å². The molecule has 2 aliphatic heterocycles. The second-order valence-electron chi connectivity index (χ2n) is 5.46. The molecule has 2 rings (SSSR count). The van der Waals surface area contributed by atoms with E-state index >= 15 is 0 Å². The Morgan fingerprint density at radius 3 is 2.28 bits per heavy atom. The number of likely N-dealkylation sites (tertiary alicyclic amines) is 2. The quantitative estimate of drug-likeness (QED) is 0.825. The summed E-state index contributed by atoms with van der Waals surface area (Å²) >= 11 is 0. The average Bonchev–Trinajstić information content (AvgIpc) is 2.60. The molecular formula is C13H26ClN3O. The summed E-state index contributed by atoms with van der Waals surface area (Å²) in [7, 11) is 0. The van der Waals surface area contributed by atoms with E-state index in [1.807, 2.05) is 6.92 Å². The Hall–Kier alpha value is -0.320. The molecule has 0 saturated carbocycles. The number of hydrogen-bond acceptors (Lipinski definition) is 3. The van der Waals surface area contributed by atoms with Gasteiger partial charge in [-0.1, -0.05) is 12.8 Å². The molecule has 0 spiro atoms. The van der Waals surface area contributed by atoms with Crippen molar-refractivity contribution < 1.29 is 4.79 Å². The zero-order valence-corrected chi connectivity index (χ0v) is 12.1. The summed E-state index contributed by atoms with van der Waals surface area (Å²) in [5, 5.41) is 0. The number of halogens is 1. The molecule has 2 N–H and O–H groups in total. The van der Waals surface area contributed by atoms with Crippen LogP contribution in [0.1, 0.15) is 39.0 Å². The molecule has 1 amide bonds. The first-order chi connectivity index (χ1) is 8.18. The fourth-order valence-corrected chi connectivity index (χ4v) is 2.88. The highest BCUT2D eigenvalue weighted by Crippen LogP contribution is 2.16. The summed E-state index contributed by atoms with van der Waals surface area (Å²) in [6.07, 6.45) is 5.90. The van der Waals surface area contributed by atoms with E-state index in [9.17, 15) is 4.79 Å². The lowest BCUT2D eigenvalue weighted by atomic mass is 10.2. The Balaban J connectivity index is 0.00000162. The lowest BCUT2D eigenvalue weighted by molar-refractivity contribution is -0.136. The van der Waals surface area contributed by atoms with Crippen molar-refractivity contribution in [3.63, 3.8) is 0 Å². The van der Waals surface area contributed by atoms with Gasteiger partial charge in [0.25, 0.3) is 0 Å². The van der Waals surface area contributed by atoms with Gasteiger partial charge in [0.1, 0.15) is 0 Å². The topological polar surface area (TPSA) is 49.6 Å². The number of rotatable bonds is 2. The molecule has 2 atom stereocenters. The molecule has 0 radical (unpaired) electrons. The standard InChI is InChI=1S/C13H25N3O.ClH/c1-11(16-9-6-12(14)10-16)13(17)15-7-4-2-3-5-8-15;/h11-12H,2-10,14H2,1H3;1H/t11?,12-;/m1./s1. The van der Waals surface area contributed by atoms with Gasteiger partial charge in [-0.3, -0.25) is 9.69 Å². The molecule has 2 aliphatic rings. The molecule has 0 bridgehead atoms. The van der Waals surface area contributed by atoms with Crippen LogP contribution in [0.5, 0.6) is 0 Å². The van der Waals surface area contributed by atoms with Crippen LogP contribution in [0, 0.1) is 0 Å². The summed E-state index contributed by atoms with van der Waals surface area (Å²) in [4.78, 5) is 16.7. The van der Waals surface area contributed by atoms with Gasteiger partial charge < -0.3 is 10.6 Å². The highest BCUT2D eigenvalue weighted by atomic mass is 35.5. The molecule has 0 aromatic heterocycles. The van der Waals surface area contributed by atoms with Gasteiger partial charge in [-0.25, -0.2) is 0 Å². The van der Waals surface area contributed by atoms with E-state index < -0.39 is 0 Å². The maximum Gasteiger partial charge on any atom is 0.239 e. The Labute approximate surface area is 116 Å². The largest absolute Gasteiger partial charge is 0.341 e. The summed E-state index contributed by atoms with van der Waals surface area (Å²) in [6.45, 7) is 5.78. The molecule has 5 heteroatoms. The van der Waals surface area contributed by atoms with Crippen LogP contribution in [0.25, 0.3) is 0 Å². The van der Waals surface area contributed by atoms with E-state index in [0.717, 1.165) is 45.4 Å². The fourth-order valence-electron chi connectivity index (χ4n) is 2.88. The van der Waals surface area contributed by atoms with Crippen molar-refractivity contribution in [1.82, 2.24) is 9.80 Å². The van der Waals surface area contributed by atoms with Crippen LogP contribution >= 0.6 is 12.4 Å². The van der Waals surface area contributed by atoms with Gasteiger partial charge in [-0.05, 0) is 26.2 Å². The molecule has 4 nitrogen and oxygen atoms in total. The summed E-state index contributed by atoms with van der Waals surface area (Å²) < 4.78 is 0. The minimum Gasteiger partial charge on any atom is -0.341 e. The Bertz CT molecular complexity index is 267. The number of carbonyl (C=O) groups is 1. The van der Waals surface area contributed by atoms with Crippen molar-refractivity contribution in [2.75, 3.05) is 26.2 Å². The van der Waals surface area contributed by atoms with Crippen LogP contribution in [0.2, 0.25) is 0 Å². The average molecular weight is 276 g/mol. The fraction of sp³-hybridized carbons (Fsp3) is 0.923. The van der Waals surface area contributed by atoms with Crippen LogP contribution in [0.15, 0.2) is 0 Å². The normalized spacial score (nSPS) is 27.4. The van der Waals surface area contributed by atoms with Crippen LogP contribution in [0.4, 0.5) is 0 Å². The molecule has 0 aromatic carbocycles. The maximum atomic E-state index is 12.4. The predicted octanol–water partition coefficient (Wildman–Crippen LogP) is 1.23. The van der Waals surface area contributed by atoms with Gasteiger partial charge in [-0.2, -0.15) is 0 Å². The molecule has 0 aliphatic carbocycles. The van der Waals surface area contributed by atoms with Crippen molar-refractivity contribution in [3.8, 4) is 0 Å². The third kappa shape index (κ3) is 3.84. The first-order valence-corrected chi connectivity index (χ1v) is 6.97. The second kappa shape index (κ2) is 7.31. The summed E-state index contributed by atoms with van der Waals surface area (Å²) in [5.41, 5.74) is 5.90. The minimum absolute atomic E-state index is 0. The van der Waals surface area contributed by atoms with E-state index in [-0.39, 0.29) is 24.5 Å². The lowest BCUT2D eigenvalue weighted by Crippen LogP contribution is -2.47. The van der Waals surface area contributed by atoms with Gasteiger partial charge in [0.2, 0.25) is 5.91 Å². The first-order valence-electron chi connectivity index (χ1n) is 6.97. The van der Waals surface area contributed by atoms with Crippen molar-refractivity contribution in [2.45, 2.75) is 51.1 Å². The molecule has 2 heterocycles. The highest BCUT2D eigenvalue weighted by molar-refractivity contribution is 5.85. The highest BCUT2D eigenvalue weighted by Gasteiger charge is 2.30. The molecule has 18 heavy (non-hydrogen) atoms. The zero-order chi connectivity index (χ0) is 12.3. The number of hydrogen-bond donors (Lipinski definition) is 1. The van der Waals surface area contributed by atoms with Gasteiger partial charge in [0.15, 0.2) is 0 Å². The van der Waals surface area contributed by atoms with E-state index in [4.69, 9.17) is 5.73 Å². The predicted molar refractivity (Wildman–Crippen MR) is 75.9 cm³/mol. The third-order valence-electron chi connectivity index (χ3n) is 4.08.